The van der Waals surface area contributed by atoms with Crippen LogP contribution in [0, 0.1) is 0 Å². The minimum atomic E-state index is 0.258. The summed E-state index contributed by atoms with van der Waals surface area (Å²) in [5.74, 6) is 0.486. The van der Waals surface area contributed by atoms with Crippen LogP contribution in [-0.2, 0) is 6.61 Å². The number of benzene rings is 2. The molecule has 0 saturated carbocycles. The number of thiocarbonyl (C=S) groups is 1. The van der Waals surface area contributed by atoms with E-state index >= 15 is 0 Å². The summed E-state index contributed by atoms with van der Waals surface area (Å²) in [7, 11) is 0. The molecule has 7 heteroatoms. The van der Waals surface area contributed by atoms with Gasteiger partial charge in [-0.1, -0.05) is 59.2 Å². The fourth-order valence-corrected chi connectivity index (χ4v) is 2.80. The van der Waals surface area contributed by atoms with Gasteiger partial charge in [0, 0.05) is 26.7 Å². The predicted molar refractivity (Wildman–Crippen MR) is 95.8 cm³/mol. The van der Waals surface area contributed by atoms with Crippen molar-refractivity contribution in [1.29, 1.82) is 0 Å². The van der Waals surface area contributed by atoms with E-state index in [-0.39, 0.29) is 6.61 Å². The molecule has 0 saturated heterocycles. The van der Waals surface area contributed by atoms with Crippen molar-refractivity contribution < 1.29 is 4.74 Å². The Balaban J connectivity index is 2.17. The number of hydrogen-bond donors (Lipinski definition) is 1. The van der Waals surface area contributed by atoms with E-state index in [0.717, 1.165) is 5.56 Å². The molecule has 21 heavy (non-hydrogen) atoms. The molecule has 0 fully saturated rings. The number of nitrogens with two attached hydrogens (primary N) is 1. The van der Waals surface area contributed by atoms with Crippen LogP contribution >= 0.6 is 63.0 Å². The molecular formula is C14H9BrCl3NOS. The molecule has 0 spiro atoms. The van der Waals surface area contributed by atoms with E-state index in [1.54, 1.807) is 24.3 Å². The van der Waals surface area contributed by atoms with E-state index in [9.17, 15) is 0 Å². The molecular weight excluding hydrogens is 416 g/mol. The van der Waals surface area contributed by atoms with Gasteiger partial charge in [-0.15, -0.1) is 0 Å². The minimum Gasteiger partial charge on any atom is -0.487 e. The molecule has 0 amide bonds. The van der Waals surface area contributed by atoms with Crippen molar-refractivity contribution >= 4 is 67.9 Å². The summed E-state index contributed by atoms with van der Waals surface area (Å²) >= 11 is 26.5. The third-order valence-electron chi connectivity index (χ3n) is 2.70. The minimum absolute atomic E-state index is 0.258. The Morgan fingerprint density at radius 1 is 1.10 bits per heavy atom. The van der Waals surface area contributed by atoms with Crippen LogP contribution in [0.25, 0.3) is 0 Å². The highest BCUT2D eigenvalue weighted by Gasteiger charge is 2.09. The molecule has 0 heterocycles. The largest absolute Gasteiger partial charge is 0.487 e. The maximum absolute atomic E-state index is 6.17. The molecule has 0 aliphatic heterocycles. The first kappa shape index (κ1) is 16.8. The maximum atomic E-state index is 6.17. The lowest BCUT2D eigenvalue weighted by Crippen LogP contribution is -2.09. The van der Waals surface area contributed by atoms with Gasteiger partial charge in [0.05, 0.1) is 10.0 Å². The van der Waals surface area contributed by atoms with Gasteiger partial charge in [0.2, 0.25) is 0 Å². The summed E-state index contributed by atoms with van der Waals surface area (Å²) in [4.78, 5) is 0.298. The Bertz CT molecular complexity index is 709. The van der Waals surface area contributed by atoms with E-state index in [1.165, 1.54) is 0 Å². The average Bonchev–Trinajstić information content (AvgIpc) is 2.42. The lowest BCUT2D eigenvalue weighted by Gasteiger charge is -2.11. The van der Waals surface area contributed by atoms with Gasteiger partial charge in [-0.25, -0.2) is 0 Å². The molecule has 0 aliphatic carbocycles. The van der Waals surface area contributed by atoms with Crippen LogP contribution in [0.4, 0.5) is 0 Å². The van der Waals surface area contributed by atoms with E-state index in [2.05, 4.69) is 15.9 Å². The van der Waals surface area contributed by atoms with E-state index < -0.39 is 0 Å². The molecule has 0 bridgehead atoms. The van der Waals surface area contributed by atoms with E-state index in [4.69, 9.17) is 57.5 Å². The standard InChI is InChI=1S/C14H9BrCl3NOS/c15-9-4-12(18)13(5-11(9)17)20-6-8-2-1-7(14(19)21)3-10(8)16/h1-5H,6H2,(H2,19,21). The van der Waals surface area contributed by atoms with Gasteiger partial charge in [-0.2, -0.15) is 0 Å². The number of hydrogen-bond acceptors (Lipinski definition) is 2. The van der Waals surface area contributed by atoms with Crippen LogP contribution in [-0.4, -0.2) is 4.99 Å². The normalized spacial score (nSPS) is 10.5. The first-order valence-electron chi connectivity index (χ1n) is 5.74. The Kier molecular flexibility index (Phi) is 5.74. The molecule has 2 aromatic carbocycles. The fraction of sp³-hybridized carbons (Fsp3) is 0.0714. The zero-order chi connectivity index (χ0) is 15.6. The van der Waals surface area contributed by atoms with Crippen molar-refractivity contribution in [3.63, 3.8) is 0 Å². The van der Waals surface area contributed by atoms with Crippen molar-refractivity contribution in [2.75, 3.05) is 0 Å². The van der Waals surface area contributed by atoms with Gasteiger partial charge in [-0.3, -0.25) is 0 Å². The molecule has 2 rings (SSSR count). The monoisotopic (exact) mass is 423 g/mol. The summed E-state index contributed by atoms with van der Waals surface area (Å²) in [6, 6.07) is 8.63. The van der Waals surface area contributed by atoms with Gasteiger partial charge in [0.25, 0.3) is 0 Å². The highest BCUT2D eigenvalue weighted by Crippen LogP contribution is 2.34. The van der Waals surface area contributed by atoms with E-state index in [0.29, 0.717) is 35.8 Å². The second-order valence-electron chi connectivity index (χ2n) is 4.16. The molecule has 2 aromatic rings. The molecule has 0 atom stereocenters. The summed E-state index contributed by atoms with van der Waals surface area (Å²) < 4.78 is 6.36. The summed E-state index contributed by atoms with van der Waals surface area (Å²) in [5.41, 5.74) is 7.06. The lowest BCUT2D eigenvalue weighted by atomic mass is 10.1. The average molecular weight is 426 g/mol. The molecule has 0 radical (unpaired) electrons. The van der Waals surface area contributed by atoms with Gasteiger partial charge in [0.1, 0.15) is 17.3 Å². The van der Waals surface area contributed by atoms with Crippen LogP contribution < -0.4 is 10.5 Å². The summed E-state index contributed by atoms with van der Waals surface area (Å²) in [6.07, 6.45) is 0. The van der Waals surface area contributed by atoms with Crippen LogP contribution in [0.3, 0.4) is 0 Å². The summed E-state index contributed by atoms with van der Waals surface area (Å²) in [6.45, 7) is 0.258. The molecule has 110 valence electrons. The summed E-state index contributed by atoms with van der Waals surface area (Å²) in [5, 5.41) is 1.51. The zero-order valence-corrected chi connectivity index (χ0v) is 15.2. The van der Waals surface area contributed by atoms with Crippen LogP contribution in [0.2, 0.25) is 15.1 Å². The Hall–Kier alpha value is -0.520. The molecule has 0 aromatic heterocycles. The number of halogens is 4. The van der Waals surface area contributed by atoms with Crippen molar-refractivity contribution in [3.8, 4) is 5.75 Å². The van der Waals surface area contributed by atoms with Crippen molar-refractivity contribution in [3.05, 3.63) is 61.0 Å². The fourth-order valence-electron chi connectivity index (χ4n) is 1.59. The van der Waals surface area contributed by atoms with Crippen LogP contribution in [0.1, 0.15) is 11.1 Å². The topological polar surface area (TPSA) is 35.2 Å². The van der Waals surface area contributed by atoms with Crippen molar-refractivity contribution in [2.24, 2.45) is 5.73 Å². The second kappa shape index (κ2) is 7.16. The van der Waals surface area contributed by atoms with Gasteiger partial charge >= 0.3 is 0 Å². The molecule has 0 unspecified atom stereocenters. The van der Waals surface area contributed by atoms with Gasteiger partial charge in [-0.05, 0) is 28.1 Å². The van der Waals surface area contributed by atoms with E-state index in [1.807, 2.05) is 6.07 Å². The van der Waals surface area contributed by atoms with Gasteiger partial charge in [0.15, 0.2) is 0 Å². The van der Waals surface area contributed by atoms with Crippen molar-refractivity contribution in [1.82, 2.24) is 0 Å². The number of ether oxygens (including phenoxy) is 1. The first-order chi connectivity index (χ1) is 9.88. The zero-order valence-electron chi connectivity index (χ0n) is 10.5. The SMILES string of the molecule is NC(=S)c1ccc(COc2cc(Cl)c(Br)cc2Cl)c(Cl)c1. The quantitative estimate of drug-likeness (QED) is 0.510. The predicted octanol–water partition coefficient (Wildman–Crippen LogP) is 5.62. The molecule has 2 nitrogen and oxygen atoms in total. The highest BCUT2D eigenvalue weighted by atomic mass is 79.9. The highest BCUT2D eigenvalue weighted by molar-refractivity contribution is 9.10. The third-order valence-corrected chi connectivity index (χ3v) is 4.78. The molecule has 2 N–H and O–H groups in total. The first-order valence-corrected chi connectivity index (χ1v) is 8.07. The molecule has 0 aliphatic rings. The van der Waals surface area contributed by atoms with Crippen LogP contribution in [0.15, 0.2) is 34.8 Å². The van der Waals surface area contributed by atoms with Crippen molar-refractivity contribution in [2.45, 2.75) is 6.61 Å². The number of rotatable bonds is 4. The Morgan fingerprint density at radius 3 is 2.43 bits per heavy atom. The Labute approximate surface area is 151 Å². The second-order valence-corrected chi connectivity index (χ2v) is 6.67. The maximum Gasteiger partial charge on any atom is 0.139 e. The smallest absolute Gasteiger partial charge is 0.139 e. The Morgan fingerprint density at radius 2 is 1.81 bits per heavy atom. The third kappa shape index (κ3) is 4.24. The lowest BCUT2D eigenvalue weighted by molar-refractivity contribution is 0.306. The van der Waals surface area contributed by atoms with Gasteiger partial charge < -0.3 is 10.5 Å². The van der Waals surface area contributed by atoms with Crippen LogP contribution in [0.5, 0.6) is 5.75 Å².